The van der Waals surface area contributed by atoms with E-state index in [4.69, 9.17) is 10.5 Å². The van der Waals surface area contributed by atoms with Gasteiger partial charge in [-0.05, 0) is 31.0 Å². The highest BCUT2D eigenvalue weighted by Crippen LogP contribution is 2.31. The third-order valence-corrected chi connectivity index (χ3v) is 4.04. The van der Waals surface area contributed by atoms with Gasteiger partial charge in [0.2, 0.25) is 0 Å². The van der Waals surface area contributed by atoms with Crippen LogP contribution in [0.3, 0.4) is 0 Å². The Morgan fingerprint density at radius 2 is 2.10 bits per heavy atom. The van der Waals surface area contributed by atoms with Gasteiger partial charge in [-0.25, -0.2) is 0 Å². The van der Waals surface area contributed by atoms with E-state index >= 15 is 0 Å². The van der Waals surface area contributed by atoms with Gasteiger partial charge in [-0.3, -0.25) is 9.78 Å². The highest BCUT2D eigenvalue weighted by Gasteiger charge is 2.21. The van der Waals surface area contributed by atoms with Gasteiger partial charge in [0, 0.05) is 28.7 Å². The molecule has 0 bridgehead atoms. The van der Waals surface area contributed by atoms with Crippen molar-refractivity contribution >= 4 is 22.4 Å². The summed E-state index contributed by atoms with van der Waals surface area (Å²) < 4.78 is 5.34. The molecular weight excluding hydrogens is 266 g/mol. The molecule has 0 aliphatic heterocycles. The summed E-state index contributed by atoms with van der Waals surface area (Å²) in [5, 5.41) is 4.52. The van der Waals surface area contributed by atoms with Crippen LogP contribution in [0.5, 0.6) is 5.75 Å². The van der Waals surface area contributed by atoms with E-state index in [0.29, 0.717) is 22.5 Å². The molecule has 5 nitrogen and oxygen atoms in total. The SMILES string of the molecule is COc1ccc(N)c2c(C(=O)NC3CCCC3)nccc12. The number of amides is 1. The summed E-state index contributed by atoms with van der Waals surface area (Å²) in [4.78, 5) is 16.7. The largest absolute Gasteiger partial charge is 0.496 e. The average molecular weight is 285 g/mol. The van der Waals surface area contributed by atoms with Gasteiger partial charge in [-0.15, -0.1) is 0 Å². The van der Waals surface area contributed by atoms with Crippen LogP contribution < -0.4 is 15.8 Å². The van der Waals surface area contributed by atoms with Crippen LogP contribution in [-0.2, 0) is 0 Å². The van der Waals surface area contributed by atoms with Crippen molar-refractivity contribution in [3.8, 4) is 5.75 Å². The number of nitrogens with zero attached hydrogens (tertiary/aromatic N) is 1. The van der Waals surface area contributed by atoms with E-state index in [1.54, 1.807) is 25.4 Å². The van der Waals surface area contributed by atoms with Gasteiger partial charge in [0.05, 0.1) is 7.11 Å². The highest BCUT2D eigenvalue weighted by molar-refractivity contribution is 6.11. The second kappa shape index (κ2) is 5.60. The zero-order valence-electron chi connectivity index (χ0n) is 12.1. The monoisotopic (exact) mass is 285 g/mol. The third-order valence-electron chi connectivity index (χ3n) is 4.04. The number of nitrogens with one attached hydrogen (secondary N) is 1. The van der Waals surface area contributed by atoms with E-state index in [-0.39, 0.29) is 11.9 Å². The fraction of sp³-hybridized carbons (Fsp3) is 0.375. The first-order valence-corrected chi connectivity index (χ1v) is 7.22. The summed E-state index contributed by atoms with van der Waals surface area (Å²) >= 11 is 0. The number of anilines is 1. The summed E-state index contributed by atoms with van der Waals surface area (Å²) in [6, 6.07) is 5.61. The number of carbonyl (C=O) groups is 1. The maximum atomic E-state index is 12.5. The number of benzene rings is 1. The van der Waals surface area contributed by atoms with Crippen molar-refractivity contribution in [1.82, 2.24) is 10.3 Å². The average Bonchev–Trinajstić information content (AvgIpc) is 3.00. The smallest absolute Gasteiger partial charge is 0.270 e. The zero-order chi connectivity index (χ0) is 14.8. The molecule has 0 saturated heterocycles. The van der Waals surface area contributed by atoms with Crippen molar-refractivity contribution in [2.75, 3.05) is 12.8 Å². The molecule has 3 N–H and O–H groups in total. The van der Waals surface area contributed by atoms with E-state index in [1.165, 1.54) is 12.8 Å². The van der Waals surface area contributed by atoms with Gasteiger partial charge in [0.25, 0.3) is 5.91 Å². The number of methoxy groups -OCH3 is 1. The molecule has 0 unspecified atom stereocenters. The lowest BCUT2D eigenvalue weighted by atomic mass is 10.1. The molecule has 0 spiro atoms. The molecule has 3 rings (SSSR count). The van der Waals surface area contributed by atoms with Crippen LogP contribution in [0.2, 0.25) is 0 Å². The maximum Gasteiger partial charge on any atom is 0.270 e. The molecule has 1 fully saturated rings. The van der Waals surface area contributed by atoms with Gasteiger partial charge in [-0.2, -0.15) is 0 Å². The molecule has 1 saturated carbocycles. The van der Waals surface area contributed by atoms with Crippen molar-refractivity contribution in [3.63, 3.8) is 0 Å². The third kappa shape index (κ3) is 2.51. The van der Waals surface area contributed by atoms with E-state index in [9.17, 15) is 4.79 Å². The van der Waals surface area contributed by atoms with Gasteiger partial charge in [0.1, 0.15) is 11.4 Å². The lowest BCUT2D eigenvalue weighted by molar-refractivity contribution is 0.0934. The van der Waals surface area contributed by atoms with Crippen LogP contribution in [0.4, 0.5) is 5.69 Å². The number of carbonyl (C=O) groups excluding carboxylic acids is 1. The number of ether oxygens (including phenoxy) is 1. The Bertz CT molecular complexity index is 679. The Morgan fingerprint density at radius 1 is 1.33 bits per heavy atom. The number of hydrogen-bond donors (Lipinski definition) is 2. The number of hydrogen-bond acceptors (Lipinski definition) is 4. The number of rotatable bonds is 3. The molecule has 5 heteroatoms. The fourth-order valence-electron chi connectivity index (χ4n) is 2.97. The van der Waals surface area contributed by atoms with Gasteiger partial charge in [-0.1, -0.05) is 12.8 Å². The molecule has 1 heterocycles. The molecule has 0 radical (unpaired) electrons. The van der Waals surface area contributed by atoms with Crippen molar-refractivity contribution in [2.45, 2.75) is 31.7 Å². The Morgan fingerprint density at radius 3 is 2.81 bits per heavy atom. The van der Waals surface area contributed by atoms with Gasteiger partial charge < -0.3 is 15.8 Å². The standard InChI is InChI=1S/C16H19N3O2/c1-21-13-7-6-12(17)14-11(13)8-9-18-15(14)16(20)19-10-4-2-3-5-10/h6-10H,2-5,17H2,1H3,(H,19,20). The van der Waals surface area contributed by atoms with Crippen molar-refractivity contribution in [1.29, 1.82) is 0 Å². The Kier molecular flexibility index (Phi) is 3.64. The minimum atomic E-state index is -0.160. The van der Waals surface area contributed by atoms with Crippen molar-refractivity contribution in [3.05, 3.63) is 30.1 Å². The number of aromatic nitrogens is 1. The van der Waals surface area contributed by atoms with Crippen molar-refractivity contribution < 1.29 is 9.53 Å². The molecule has 1 aliphatic rings. The molecule has 21 heavy (non-hydrogen) atoms. The van der Waals surface area contributed by atoms with Crippen LogP contribution in [0.1, 0.15) is 36.2 Å². The van der Waals surface area contributed by atoms with Crippen LogP contribution in [0.25, 0.3) is 10.8 Å². The normalized spacial score (nSPS) is 15.3. The zero-order valence-corrected chi connectivity index (χ0v) is 12.1. The summed E-state index contributed by atoms with van der Waals surface area (Å²) in [5.41, 5.74) is 6.96. The lowest BCUT2D eigenvalue weighted by Crippen LogP contribution is -2.33. The molecule has 0 atom stereocenters. The number of pyridine rings is 1. The van der Waals surface area contributed by atoms with Crippen LogP contribution in [0, 0.1) is 0 Å². The summed E-state index contributed by atoms with van der Waals surface area (Å²) in [7, 11) is 1.60. The molecule has 2 aromatic rings. The van der Waals surface area contributed by atoms with Crippen LogP contribution >= 0.6 is 0 Å². The Balaban J connectivity index is 2.03. The molecule has 1 aromatic carbocycles. The van der Waals surface area contributed by atoms with Gasteiger partial charge in [0.15, 0.2) is 0 Å². The first kappa shape index (κ1) is 13.7. The van der Waals surface area contributed by atoms with E-state index in [0.717, 1.165) is 18.2 Å². The predicted octanol–water partition coefficient (Wildman–Crippen LogP) is 2.50. The van der Waals surface area contributed by atoms with Crippen LogP contribution in [-0.4, -0.2) is 24.0 Å². The lowest BCUT2D eigenvalue weighted by Gasteiger charge is -2.14. The topological polar surface area (TPSA) is 77.2 Å². The number of fused-ring (bicyclic) bond motifs is 1. The molecular formula is C16H19N3O2. The molecule has 1 amide bonds. The van der Waals surface area contributed by atoms with Crippen LogP contribution in [0.15, 0.2) is 24.4 Å². The molecule has 1 aliphatic carbocycles. The van der Waals surface area contributed by atoms with E-state index in [2.05, 4.69) is 10.3 Å². The van der Waals surface area contributed by atoms with Gasteiger partial charge >= 0.3 is 0 Å². The number of nitrogen functional groups attached to an aromatic ring is 1. The minimum absolute atomic E-state index is 0.160. The second-order valence-electron chi connectivity index (χ2n) is 5.39. The quantitative estimate of drug-likeness (QED) is 0.849. The van der Waals surface area contributed by atoms with E-state index in [1.807, 2.05) is 6.07 Å². The van der Waals surface area contributed by atoms with E-state index < -0.39 is 0 Å². The Labute approximate surface area is 123 Å². The fourth-order valence-corrected chi connectivity index (χ4v) is 2.97. The second-order valence-corrected chi connectivity index (χ2v) is 5.39. The predicted molar refractivity (Wildman–Crippen MR) is 82.4 cm³/mol. The molecule has 110 valence electrons. The first-order valence-electron chi connectivity index (χ1n) is 7.22. The first-order chi connectivity index (χ1) is 10.2. The number of nitrogens with two attached hydrogens (primary N) is 1. The summed E-state index contributed by atoms with van der Waals surface area (Å²) in [6.07, 6.45) is 6.03. The summed E-state index contributed by atoms with van der Waals surface area (Å²) in [6.45, 7) is 0. The van der Waals surface area contributed by atoms with Crippen molar-refractivity contribution in [2.24, 2.45) is 0 Å². The summed E-state index contributed by atoms with van der Waals surface area (Å²) in [5.74, 6) is 0.531. The highest BCUT2D eigenvalue weighted by atomic mass is 16.5. The Hall–Kier alpha value is -2.30. The molecule has 1 aromatic heterocycles. The minimum Gasteiger partial charge on any atom is -0.496 e. The maximum absolute atomic E-state index is 12.5.